The summed E-state index contributed by atoms with van der Waals surface area (Å²) in [5.74, 6) is 1.89. The molecule has 0 unspecified atom stereocenters. The third-order valence-electron chi connectivity index (χ3n) is 1.26. The fourth-order valence-corrected chi connectivity index (χ4v) is 3.09. The van der Waals surface area contributed by atoms with Crippen LogP contribution in [0.3, 0.4) is 0 Å². The molecule has 3 heteroatoms. The standard InChI is InChI=1S/C9H11ClS2/c10-7-4-8-11-12-9-5-2-1-3-6-9/h1-3,5-6H,4,7-8H2. The molecule has 0 aliphatic rings. The second-order valence-corrected chi connectivity index (χ2v) is 5.13. The van der Waals surface area contributed by atoms with Gasteiger partial charge in [-0.15, -0.1) is 11.6 Å². The predicted molar refractivity (Wildman–Crippen MR) is 60.1 cm³/mol. The fraction of sp³-hybridized carbons (Fsp3) is 0.333. The second kappa shape index (κ2) is 6.70. The van der Waals surface area contributed by atoms with Crippen molar-refractivity contribution in [2.75, 3.05) is 11.6 Å². The van der Waals surface area contributed by atoms with E-state index in [9.17, 15) is 0 Å². The normalized spacial score (nSPS) is 10.1. The molecule has 0 aliphatic carbocycles. The van der Waals surface area contributed by atoms with Crippen LogP contribution in [0.4, 0.5) is 0 Å². The van der Waals surface area contributed by atoms with Gasteiger partial charge in [0.05, 0.1) is 0 Å². The van der Waals surface area contributed by atoms with Crippen LogP contribution < -0.4 is 0 Å². The van der Waals surface area contributed by atoms with E-state index >= 15 is 0 Å². The van der Waals surface area contributed by atoms with E-state index in [2.05, 4.69) is 24.3 Å². The van der Waals surface area contributed by atoms with Gasteiger partial charge in [-0.25, -0.2) is 0 Å². The molecule has 0 saturated carbocycles. The van der Waals surface area contributed by atoms with Gasteiger partial charge in [0.25, 0.3) is 0 Å². The first-order valence-corrected chi connectivity index (χ1v) is 6.69. The van der Waals surface area contributed by atoms with Gasteiger partial charge in [-0.2, -0.15) is 0 Å². The zero-order valence-corrected chi connectivity index (χ0v) is 9.09. The van der Waals surface area contributed by atoms with Crippen molar-refractivity contribution in [3.05, 3.63) is 30.3 Å². The monoisotopic (exact) mass is 218 g/mol. The Morgan fingerprint density at radius 3 is 2.58 bits per heavy atom. The Balaban J connectivity index is 2.16. The maximum atomic E-state index is 5.56. The van der Waals surface area contributed by atoms with E-state index in [0.29, 0.717) is 0 Å². The van der Waals surface area contributed by atoms with E-state index in [1.807, 2.05) is 27.7 Å². The highest BCUT2D eigenvalue weighted by Gasteiger charge is 1.92. The van der Waals surface area contributed by atoms with Crippen LogP contribution in [0, 0.1) is 0 Å². The molecule has 1 aromatic carbocycles. The molecule has 12 heavy (non-hydrogen) atoms. The topological polar surface area (TPSA) is 0 Å². The highest BCUT2D eigenvalue weighted by atomic mass is 35.5. The van der Waals surface area contributed by atoms with Crippen LogP contribution in [0.5, 0.6) is 0 Å². The minimum Gasteiger partial charge on any atom is -0.127 e. The van der Waals surface area contributed by atoms with Crippen LogP contribution >= 0.6 is 33.2 Å². The molecule has 66 valence electrons. The van der Waals surface area contributed by atoms with Crippen molar-refractivity contribution < 1.29 is 0 Å². The Morgan fingerprint density at radius 1 is 1.17 bits per heavy atom. The highest BCUT2D eigenvalue weighted by Crippen LogP contribution is 2.30. The maximum absolute atomic E-state index is 5.56. The Labute approximate surface area is 86.5 Å². The quantitative estimate of drug-likeness (QED) is 0.416. The zero-order valence-electron chi connectivity index (χ0n) is 6.70. The number of alkyl halides is 1. The number of hydrogen-bond acceptors (Lipinski definition) is 2. The molecule has 0 fully saturated rings. The van der Waals surface area contributed by atoms with E-state index in [4.69, 9.17) is 11.6 Å². The molecule has 1 aromatic rings. The molecular formula is C9H11ClS2. The summed E-state index contributed by atoms with van der Waals surface area (Å²) in [5, 5.41) is 0. The Kier molecular flexibility index (Phi) is 5.74. The Bertz CT molecular complexity index is 201. The van der Waals surface area contributed by atoms with Gasteiger partial charge < -0.3 is 0 Å². The van der Waals surface area contributed by atoms with Crippen LogP contribution in [0.25, 0.3) is 0 Å². The van der Waals surface area contributed by atoms with Crippen molar-refractivity contribution in [2.45, 2.75) is 11.3 Å². The van der Waals surface area contributed by atoms with E-state index in [0.717, 1.165) is 18.1 Å². The van der Waals surface area contributed by atoms with E-state index < -0.39 is 0 Å². The Morgan fingerprint density at radius 2 is 1.92 bits per heavy atom. The lowest BCUT2D eigenvalue weighted by Gasteiger charge is -1.98. The number of rotatable bonds is 5. The Hall–Kier alpha value is 0.210. The van der Waals surface area contributed by atoms with Crippen LogP contribution in [-0.2, 0) is 0 Å². The van der Waals surface area contributed by atoms with Crippen LogP contribution in [0.15, 0.2) is 35.2 Å². The molecule has 1 rings (SSSR count). The smallest absolute Gasteiger partial charge is 0.0231 e. The van der Waals surface area contributed by atoms with Crippen molar-refractivity contribution >= 4 is 33.2 Å². The summed E-state index contributed by atoms with van der Waals surface area (Å²) in [6, 6.07) is 10.4. The lowest BCUT2D eigenvalue weighted by atomic mass is 10.4. The minimum atomic E-state index is 0.766. The second-order valence-electron chi connectivity index (χ2n) is 2.26. The molecule has 0 aliphatic heterocycles. The summed E-state index contributed by atoms with van der Waals surface area (Å²) in [6.45, 7) is 0. The van der Waals surface area contributed by atoms with E-state index in [1.54, 1.807) is 0 Å². The molecule has 0 heterocycles. The summed E-state index contributed by atoms with van der Waals surface area (Å²) < 4.78 is 0. The van der Waals surface area contributed by atoms with Gasteiger partial charge in [-0.05, 0) is 18.6 Å². The van der Waals surface area contributed by atoms with Crippen LogP contribution in [0.2, 0.25) is 0 Å². The predicted octanol–water partition coefficient (Wildman–Crippen LogP) is 4.06. The first kappa shape index (κ1) is 10.3. The lowest BCUT2D eigenvalue weighted by Crippen LogP contribution is -1.76. The van der Waals surface area contributed by atoms with Gasteiger partial charge in [0.15, 0.2) is 0 Å². The first-order chi connectivity index (χ1) is 5.93. The van der Waals surface area contributed by atoms with Crippen molar-refractivity contribution in [1.82, 2.24) is 0 Å². The molecular weight excluding hydrogens is 208 g/mol. The van der Waals surface area contributed by atoms with E-state index in [-0.39, 0.29) is 0 Å². The largest absolute Gasteiger partial charge is 0.127 e. The van der Waals surface area contributed by atoms with Gasteiger partial charge in [0.2, 0.25) is 0 Å². The van der Waals surface area contributed by atoms with Crippen molar-refractivity contribution in [3.8, 4) is 0 Å². The maximum Gasteiger partial charge on any atom is 0.0231 e. The van der Waals surface area contributed by atoms with Gasteiger partial charge >= 0.3 is 0 Å². The average molecular weight is 219 g/mol. The van der Waals surface area contributed by atoms with Gasteiger partial charge in [-0.1, -0.05) is 39.8 Å². The summed E-state index contributed by atoms with van der Waals surface area (Å²) in [7, 11) is 3.68. The molecule has 0 saturated heterocycles. The number of halogens is 1. The lowest BCUT2D eigenvalue weighted by molar-refractivity contribution is 1.12. The fourth-order valence-electron chi connectivity index (χ4n) is 0.699. The molecule has 0 radical (unpaired) electrons. The first-order valence-electron chi connectivity index (χ1n) is 3.84. The van der Waals surface area contributed by atoms with Crippen LogP contribution in [-0.4, -0.2) is 11.6 Å². The van der Waals surface area contributed by atoms with Gasteiger partial charge in [0, 0.05) is 16.5 Å². The molecule has 0 nitrogen and oxygen atoms in total. The minimum absolute atomic E-state index is 0.766. The zero-order chi connectivity index (χ0) is 8.65. The van der Waals surface area contributed by atoms with Gasteiger partial charge in [-0.3, -0.25) is 0 Å². The summed E-state index contributed by atoms with van der Waals surface area (Å²) >= 11 is 5.56. The van der Waals surface area contributed by atoms with E-state index in [1.165, 1.54) is 4.90 Å². The van der Waals surface area contributed by atoms with Crippen molar-refractivity contribution in [3.63, 3.8) is 0 Å². The molecule has 0 bridgehead atoms. The molecule has 0 N–H and O–H groups in total. The molecule has 0 spiro atoms. The summed E-state index contributed by atoms with van der Waals surface area (Å²) in [4.78, 5) is 1.32. The third kappa shape index (κ3) is 4.29. The summed E-state index contributed by atoms with van der Waals surface area (Å²) in [5.41, 5.74) is 0. The average Bonchev–Trinajstić information content (AvgIpc) is 2.14. The third-order valence-corrected chi connectivity index (χ3v) is 4.00. The molecule has 0 atom stereocenters. The SMILES string of the molecule is ClCCCSSc1ccccc1. The van der Waals surface area contributed by atoms with Crippen molar-refractivity contribution in [2.24, 2.45) is 0 Å². The number of hydrogen-bond donors (Lipinski definition) is 0. The molecule has 0 aromatic heterocycles. The van der Waals surface area contributed by atoms with Gasteiger partial charge in [0.1, 0.15) is 0 Å². The number of benzene rings is 1. The molecule has 0 amide bonds. The summed E-state index contributed by atoms with van der Waals surface area (Å²) in [6.07, 6.45) is 1.09. The highest BCUT2D eigenvalue weighted by molar-refractivity contribution is 8.76. The van der Waals surface area contributed by atoms with Crippen LogP contribution in [0.1, 0.15) is 6.42 Å². The van der Waals surface area contributed by atoms with Crippen molar-refractivity contribution in [1.29, 1.82) is 0 Å².